The van der Waals surface area contributed by atoms with Crippen LogP contribution in [0.25, 0.3) is 0 Å². The fraction of sp³-hybridized carbons (Fsp3) is 0.467. The first kappa shape index (κ1) is 17.8. The van der Waals surface area contributed by atoms with Crippen LogP contribution in [0, 0.1) is 6.92 Å². The molecule has 2 aromatic rings. The molecule has 0 atom stereocenters. The first-order valence-electron chi connectivity index (χ1n) is 7.58. The number of unbranched alkanes of at least 4 members (excludes halogenated alkanes) is 2. The van der Waals surface area contributed by atoms with Gasteiger partial charge in [0.05, 0.1) is 4.90 Å². The highest BCUT2D eigenvalue weighted by atomic mass is 32.2. The van der Waals surface area contributed by atoms with Crippen molar-refractivity contribution in [3.63, 3.8) is 0 Å². The maximum Gasteiger partial charge on any atom is 0.263 e. The Balaban J connectivity index is 1.91. The van der Waals surface area contributed by atoms with Gasteiger partial charge >= 0.3 is 0 Å². The number of nitrogens with zero attached hydrogens (tertiary/aromatic N) is 2. The maximum atomic E-state index is 12.3. The van der Waals surface area contributed by atoms with E-state index < -0.39 is 10.0 Å². The monoisotopic (exact) mass is 354 g/mol. The van der Waals surface area contributed by atoms with Gasteiger partial charge in [-0.3, -0.25) is 4.72 Å². The Morgan fingerprint density at radius 1 is 1.09 bits per heavy atom. The summed E-state index contributed by atoms with van der Waals surface area (Å²) < 4.78 is 27.0. The molecule has 0 aliphatic heterocycles. The molecule has 1 aromatic heterocycles. The van der Waals surface area contributed by atoms with E-state index in [1.807, 2.05) is 14.0 Å². The van der Waals surface area contributed by atoms with Crippen LogP contribution < -0.4 is 10.0 Å². The number of aryl methyl sites for hydroxylation is 2. The van der Waals surface area contributed by atoms with E-state index in [1.54, 1.807) is 24.3 Å². The van der Waals surface area contributed by atoms with Gasteiger partial charge < -0.3 is 5.32 Å². The minimum atomic E-state index is -3.60. The molecule has 6 nitrogen and oxygen atoms in total. The Hall–Kier alpha value is -1.51. The van der Waals surface area contributed by atoms with E-state index in [9.17, 15) is 8.42 Å². The zero-order valence-electron chi connectivity index (χ0n) is 13.4. The van der Waals surface area contributed by atoms with Gasteiger partial charge in [0.2, 0.25) is 5.13 Å². The SMILES string of the molecule is CNCCCCCc1nnc(NS(=O)(=O)c2ccc(C)cc2)s1. The minimum absolute atomic E-state index is 0.229. The van der Waals surface area contributed by atoms with E-state index in [0.717, 1.165) is 42.8 Å². The molecule has 0 bridgehead atoms. The Kier molecular flexibility index (Phi) is 6.49. The van der Waals surface area contributed by atoms with E-state index >= 15 is 0 Å². The topological polar surface area (TPSA) is 84.0 Å². The maximum absolute atomic E-state index is 12.3. The number of aromatic nitrogens is 2. The standard InChI is InChI=1S/C15H22N4O2S2/c1-12-7-9-13(10-8-12)23(20,21)19-15-18-17-14(22-15)6-4-3-5-11-16-2/h7-10,16H,3-6,11H2,1-2H3,(H,18,19). The van der Waals surface area contributed by atoms with Crippen LogP contribution in [0.2, 0.25) is 0 Å². The van der Waals surface area contributed by atoms with Crippen molar-refractivity contribution in [2.24, 2.45) is 0 Å². The number of nitrogens with one attached hydrogen (secondary N) is 2. The molecule has 1 aromatic carbocycles. The molecule has 0 saturated heterocycles. The molecule has 2 N–H and O–H groups in total. The van der Waals surface area contributed by atoms with Crippen LogP contribution in [0.15, 0.2) is 29.2 Å². The zero-order chi connectivity index (χ0) is 16.7. The van der Waals surface area contributed by atoms with Crippen molar-refractivity contribution in [1.29, 1.82) is 0 Å². The van der Waals surface area contributed by atoms with Crippen LogP contribution in [-0.2, 0) is 16.4 Å². The molecule has 0 amide bonds. The molecule has 0 fully saturated rings. The highest BCUT2D eigenvalue weighted by molar-refractivity contribution is 7.93. The lowest BCUT2D eigenvalue weighted by atomic mass is 10.2. The normalized spacial score (nSPS) is 11.6. The van der Waals surface area contributed by atoms with Crippen LogP contribution in [0.3, 0.4) is 0 Å². The van der Waals surface area contributed by atoms with Gasteiger partial charge in [-0.05, 0) is 45.5 Å². The van der Waals surface area contributed by atoms with Gasteiger partial charge in [0, 0.05) is 6.42 Å². The van der Waals surface area contributed by atoms with Crippen LogP contribution >= 0.6 is 11.3 Å². The first-order chi connectivity index (χ1) is 11.0. The summed E-state index contributed by atoms with van der Waals surface area (Å²) >= 11 is 1.29. The summed E-state index contributed by atoms with van der Waals surface area (Å²) in [5.74, 6) is 0. The van der Waals surface area contributed by atoms with Crippen molar-refractivity contribution in [2.75, 3.05) is 18.3 Å². The summed E-state index contributed by atoms with van der Waals surface area (Å²) in [7, 11) is -1.66. The van der Waals surface area contributed by atoms with Gasteiger partial charge in [-0.15, -0.1) is 10.2 Å². The van der Waals surface area contributed by atoms with E-state index in [-0.39, 0.29) is 4.90 Å². The van der Waals surface area contributed by atoms with Crippen molar-refractivity contribution in [3.8, 4) is 0 Å². The van der Waals surface area contributed by atoms with Gasteiger partial charge in [0.25, 0.3) is 10.0 Å². The molecule has 23 heavy (non-hydrogen) atoms. The minimum Gasteiger partial charge on any atom is -0.320 e. The van der Waals surface area contributed by atoms with Crippen LogP contribution in [0.4, 0.5) is 5.13 Å². The molecule has 0 saturated carbocycles. The Morgan fingerprint density at radius 3 is 2.52 bits per heavy atom. The smallest absolute Gasteiger partial charge is 0.263 e. The van der Waals surface area contributed by atoms with Gasteiger partial charge in [0.1, 0.15) is 5.01 Å². The lowest BCUT2D eigenvalue weighted by Gasteiger charge is -2.04. The average molecular weight is 355 g/mol. The fourth-order valence-corrected chi connectivity index (χ4v) is 4.05. The number of rotatable bonds is 9. The van der Waals surface area contributed by atoms with Gasteiger partial charge in [-0.2, -0.15) is 0 Å². The second-order valence-electron chi connectivity index (χ2n) is 5.33. The third-order valence-corrected chi connectivity index (χ3v) is 5.72. The third-order valence-electron chi connectivity index (χ3n) is 3.34. The van der Waals surface area contributed by atoms with Gasteiger partial charge in [-0.25, -0.2) is 8.42 Å². The molecular weight excluding hydrogens is 332 g/mol. The molecule has 8 heteroatoms. The summed E-state index contributed by atoms with van der Waals surface area (Å²) in [6, 6.07) is 6.71. The lowest BCUT2D eigenvalue weighted by molar-refractivity contribution is 0.601. The largest absolute Gasteiger partial charge is 0.320 e. The summed E-state index contributed by atoms with van der Waals surface area (Å²) in [5.41, 5.74) is 1.01. The van der Waals surface area contributed by atoms with Crippen LogP contribution in [0.1, 0.15) is 29.8 Å². The van der Waals surface area contributed by atoms with E-state index in [0.29, 0.717) is 5.13 Å². The first-order valence-corrected chi connectivity index (χ1v) is 9.88. The fourth-order valence-electron chi connectivity index (χ4n) is 2.04. The number of hydrogen-bond donors (Lipinski definition) is 2. The van der Waals surface area contributed by atoms with E-state index in [4.69, 9.17) is 0 Å². The van der Waals surface area contributed by atoms with Crippen LogP contribution in [0.5, 0.6) is 0 Å². The van der Waals surface area contributed by atoms with Gasteiger partial charge in [-0.1, -0.05) is 35.5 Å². The van der Waals surface area contributed by atoms with Crippen molar-refractivity contribution < 1.29 is 8.42 Å². The average Bonchev–Trinajstić information content (AvgIpc) is 2.94. The molecule has 0 radical (unpaired) electrons. The van der Waals surface area contributed by atoms with Crippen molar-refractivity contribution in [1.82, 2.24) is 15.5 Å². The quantitative estimate of drug-likeness (QED) is 0.676. The predicted molar refractivity (Wildman–Crippen MR) is 93.4 cm³/mol. The Morgan fingerprint density at radius 2 is 1.83 bits per heavy atom. The highest BCUT2D eigenvalue weighted by Crippen LogP contribution is 2.21. The molecule has 1 heterocycles. The summed E-state index contributed by atoms with van der Waals surface area (Å²) in [6.07, 6.45) is 4.10. The zero-order valence-corrected chi connectivity index (χ0v) is 15.0. The van der Waals surface area contributed by atoms with Crippen molar-refractivity contribution in [3.05, 3.63) is 34.8 Å². The summed E-state index contributed by atoms with van der Waals surface area (Å²) in [6.45, 7) is 2.93. The highest BCUT2D eigenvalue weighted by Gasteiger charge is 2.16. The number of sulfonamides is 1. The van der Waals surface area contributed by atoms with E-state index in [1.165, 1.54) is 11.3 Å². The number of hydrogen-bond acceptors (Lipinski definition) is 6. The molecule has 2 rings (SSSR count). The molecular formula is C15H22N4O2S2. The van der Waals surface area contributed by atoms with E-state index in [2.05, 4.69) is 20.2 Å². The Bertz CT molecular complexity index is 711. The molecule has 0 spiro atoms. The summed E-state index contributed by atoms with van der Waals surface area (Å²) in [4.78, 5) is 0.229. The lowest BCUT2D eigenvalue weighted by Crippen LogP contribution is -2.12. The number of benzene rings is 1. The second kappa shape index (κ2) is 8.37. The van der Waals surface area contributed by atoms with Crippen molar-refractivity contribution >= 4 is 26.5 Å². The van der Waals surface area contributed by atoms with Crippen molar-refractivity contribution in [2.45, 2.75) is 37.5 Å². The van der Waals surface area contributed by atoms with Crippen LogP contribution in [-0.4, -0.2) is 32.2 Å². The molecule has 0 aliphatic rings. The third kappa shape index (κ3) is 5.56. The molecule has 0 aliphatic carbocycles. The summed E-state index contributed by atoms with van der Waals surface area (Å²) in [5, 5.41) is 12.3. The Labute approximate surface area is 141 Å². The second-order valence-corrected chi connectivity index (χ2v) is 8.08. The number of anilines is 1. The predicted octanol–water partition coefficient (Wildman–Crippen LogP) is 2.58. The van der Waals surface area contributed by atoms with Gasteiger partial charge in [0.15, 0.2) is 0 Å². The molecule has 126 valence electrons. The molecule has 0 unspecified atom stereocenters.